The maximum atomic E-state index is 6.26. The zero-order valence-corrected chi connectivity index (χ0v) is 8.87. The highest BCUT2D eigenvalue weighted by molar-refractivity contribution is 5.34. The topological polar surface area (TPSA) is 48.1 Å². The van der Waals surface area contributed by atoms with Gasteiger partial charge in [0.2, 0.25) is 5.88 Å². The molecule has 0 bridgehead atoms. The molecule has 0 aromatic carbocycles. The standard InChI is InChI=1S/C11H16N2O/c1-10(2)7-11(10,12)8-4-5-9(14-3)13-6-8/h4-6H,7,12H2,1-3H3. The smallest absolute Gasteiger partial charge is 0.212 e. The summed E-state index contributed by atoms with van der Waals surface area (Å²) >= 11 is 0. The van der Waals surface area contributed by atoms with Crippen LogP contribution in [-0.2, 0) is 5.54 Å². The van der Waals surface area contributed by atoms with Gasteiger partial charge in [-0.2, -0.15) is 0 Å². The Labute approximate surface area is 84.3 Å². The summed E-state index contributed by atoms with van der Waals surface area (Å²) in [6, 6.07) is 3.86. The number of nitrogens with two attached hydrogens (primary N) is 1. The second-order valence-electron chi connectivity index (χ2n) is 4.62. The molecule has 14 heavy (non-hydrogen) atoms. The van der Waals surface area contributed by atoms with Gasteiger partial charge in [-0.15, -0.1) is 0 Å². The second kappa shape index (κ2) is 2.70. The Morgan fingerprint density at radius 3 is 2.43 bits per heavy atom. The number of nitrogens with zero attached hydrogens (tertiary/aromatic N) is 1. The van der Waals surface area contributed by atoms with Crippen molar-refractivity contribution in [3.63, 3.8) is 0 Å². The average Bonchev–Trinajstić information content (AvgIpc) is 2.68. The lowest BCUT2D eigenvalue weighted by atomic mass is 9.99. The predicted octanol–water partition coefficient (Wildman–Crippen LogP) is 1.67. The van der Waals surface area contributed by atoms with Gasteiger partial charge in [-0.1, -0.05) is 19.9 Å². The van der Waals surface area contributed by atoms with Crippen molar-refractivity contribution in [3.05, 3.63) is 23.9 Å². The highest BCUT2D eigenvalue weighted by Gasteiger charge is 2.59. The summed E-state index contributed by atoms with van der Waals surface area (Å²) in [6.45, 7) is 4.36. The van der Waals surface area contributed by atoms with Crippen LogP contribution in [-0.4, -0.2) is 12.1 Å². The molecule has 0 aliphatic heterocycles. The van der Waals surface area contributed by atoms with Crippen LogP contribution in [0.3, 0.4) is 0 Å². The Morgan fingerprint density at radius 2 is 2.07 bits per heavy atom. The molecule has 1 fully saturated rings. The van der Waals surface area contributed by atoms with E-state index in [0.29, 0.717) is 5.88 Å². The third-order valence-electron chi connectivity index (χ3n) is 3.26. The van der Waals surface area contributed by atoms with Crippen LogP contribution in [0.4, 0.5) is 0 Å². The van der Waals surface area contributed by atoms with Gasteiger partial charge < -0.3 is 10.5 Å². The molecule has 0 saturated heterocycles. The summed E-state index contributed by atoms with van der Waals surface area (Å²) in [4.78, 5) is 4.17. The Morgan fingerprint density at radius 1 is 1.43 bits per heavy atom. The molecule has 1 saturated carbocycles. The van der Waals surface area contributed by atoms with Gasteiger partial charge in [0.15, 0.2) is 0 Å². The molecule has 0 amide bonds. The number of aromatic nitrogens is 1. The minimum absolute atomic E-state index is 0.188. The number of methoxy groups -OCH3 is 1. The normalized spacial score (nSPS) is 28.6. The van der Waals surface area contributed by atoms with Crippen LogP contribution < -0.4 is 10.5 Å². The molecule has 0 spiro atoms. The van der Waals surface area contributed by atoms with E-state index >= 15 is 0 Å². The monoisotopic (exact) mass is 192 g/mol. The Hall–Kier alpha value is -1.09. The van der Waals surface area contributed by atoms with E-state index in [0.717, 1.165) is 12.0 Å². The summed E-state index contributed by atoms with van der Waals surface area (Å²) in [5.41, 5.74) is 7.37. The van der Waals surface area contributed by atoms with E-state index in [9.17, 15) is 0 Å². The zero-order chi connectivity index (χ0) is 10.4. The molecule has 2 N–H and O–H groups in total. The molecule has 1 aromatic rings. The van der Waals surface area contributed by atoms with E-state index < -0.39 is 0 Å². The maximum absolute atomic E-state index is 6.26. The summed E-state index contributed by atoms with van der Waals surface area (Å²) < 4.78 is 5.00. The summed E-state index contributed by atoms with van der Waals surface area (Å²) in [7, 11) is 1.61. The lowest BCUT2D eigenvalue weighted by molar-refractivity contribution is 0.396. The Kier molecular flexibility index (Phi) is 1.83. The van der Waals surface area contributed by atoms with Gasteiger partial charge in [-0.25, -0.2) is 4.98 Å². The van der Waals surface area contributed by atoms with E-state index in [4.69, 9.17) is 10.5 Å². The number of hydrogen-bond acceptors (Lipinski definition) is 3. The van der Waals surface area contributed by atoms with Gasteiger partial charge >= 0.3 is 0 Å². The summed E-state index contributed by atoms with van der Waals surface area (Å²) in [5.74, 6) is 0.635. The quantitative estimate of drug-likeness (QED) is 0.775. The highest BCUT2D eigenvalue weighted by atomic mass is 16.5. The number of rotatable bonds is 2. The molecular formula is C11H16N2O. The molecule has 2 rings (SSSR count). The van der Waals surface area contributed by atoms with Crippen molar-refractivity contribution in [2.45, 2.75) is 25.8 Å². The highest BCUT2D eigenvalue weighted by Crippen LogP contribution is 2.60. The Balaban J connectivity index is 2.27. The number of ether oxygens (including phenoxy) is 1. The van der Waals surface area contributed by atoms with E-state index in [1.54, 1.807) is 7.11 Å². The van der Waals surface area contributed by atoms with Gasteiger partial charge in [0.25, 0.3) is 0 Å². The minimum atomic E-state index is -0.188. The van der Waals surface area contributed by atoms with Crippen LogP contribution in [0.2, 0.25) is 0 Å². The molecule has 1 atom stereocenters. The van der Waals surface area contributed by atoms with E-state index in [-0.39, 0.29) is 11.0 Å². The van der Waals surface area contributed by atoms with E-state index in [1.807, 2.05) is 18.3 Å². The lowest BCUT2D eigenvalue weighted by Crippen LogP contribution is -2.25. The minimum Gasteiger partial charge on any atom is -0.481 e. The third kappa shape index (κ3) is 1.20. The maximum Gasteiger partial charge on any atom is 0.212 e. The van der Waals surface area contributed by atoms with Crippen molar-refractivity contribution in [1.29, 1.82) is 0 Å². The molecule has 76 valence electrons. The van der Waals surface area contributed by atoms with Gasteiger partial charge in [-0.3, -0.25) is 0 Å². The first-order chi connectivity index (χ1) is 6.49. The molecular weight excluding hydrogens is 176 g/mol. The predicted molar refractivity (Wildman–Crippen MR) is 55.1 cm³/mol. The molecule has 1 unspecified atom stereocenters. The van der Waals surface area contributed by atoms with Crippen molar-refractivity contribution in [2.75, 3.05) is 7.11 Å². The first-order valence-corrected chi connectivity index (χ1v) is 4.79. The zero-order valence-electron chi connectivity index (χ0n) is 8.87. The largest absolute Gasteiger partial charge is 0.481 e. The molecule has 1 aliphatic carbocycles. The van der Waals surface area contributed by atoms with Gasteiger partial charge in [0, 0.05) is 17.8 Å². The van der Waals surface area contributed by atoms with Crippen molar-refractivity contribution >= 4 is 0 Å². The van der Waals surface area contributed by atoms with Crippen molar-refractivity contribution in [2.24, 2.45) is 11.1 Å². The van der Waals surface area contributed by atoms with Crippen molar-refractivity contribution < 1.29 is 4.74 Å². The number of pyridine rings is 1. The second-order valence-corrected chi connectivity index (χ2v) is 4.62. The van der Waals surface area contributed by atoms with Crippen molar-refractivity contribution in [3.8, 4) is 5.88 Å². The van der Waals surface area contributed by atoms with E-state index in [1.165, 1.54) is 0 Å². The Bertz CT molecular complexity index is 345. The van der Waals surface area contributed by atoms with Gasteiger partial charge in [0.1, 0.15) is 0 Å². The molecule has 0 radical (unpaired) electrons. The fourth-order valence-corrected chi connectivity index (χ4v) is 1.91. The fourth-order valence-electron chi connectivity index (χ4n) is 1.91. The SMILES string of the molecule is COc1ccc(C2(N)CC2(C)C)cn1. The van der Waals surface area contributed by atoms with Gasteiger partial charge in [0.05, 0.1) is 7.11 Å². The lowest BCUT2D eigenvalue weighted by Gasteiger charge is -2.14. The average molecular weight is 192 g/mol. The number of hydrogen-bond donors (Lipinski definition) is 1. The first-order valence-electron chi connectivity index (χ1n) is 4.79. The van der Waals surface area contributed by atoms with E-state index in [2.05, 4.69) is 18.8 Å². The molecule has 1 aliphatic rings. The van der Waals surface area contributed by atoms with Crippen LogP contribution in [0.25, 0.3) is 0 Å². The third-order valence-corrected chi connectivity index (χ3v) is 3.26. The first kappa shape index (κ1) is 9.46. The van der Waals surface area contributed by atoms with Crippen LogP contribution in [0, 0.1) is 5.41 Å². The molecule has 3 heteroatoms. The van der Waals surface area contributed by atoms with Crippen LogP contribution in [0.1, 0.15) is 25.8 Å². The molecule has 3 nitrogen and oxygen atoms in total. The summed E-state index contributed by atoms with van der Waals surface area (Å²) in [5, 5.41) is 0. The summed E-state index contributed by atoms with van der Waals surface area (Å²) in [6.07, 6.45) is 2.83. The molecule has 1 aromatic heterocycles. The van der Waals surface area contributed by atoms with Crippen LogP contribution in [0.5, 0.6) is 5.88 Å². The van der Waals surface area contributed by atoms with Gasteiger partial charge in [-0.05, 0) is 17.4 Å². The van der Waals surface area contributed by atoms with Crippen molar-refractivity contribution in [1.82, 2.24) is 4.98 Å². The fraction of sp³-hybridized carbons (Fsp3) is 0.545. The van der Waals surface area contributed by atoms with Crippen LogP contribution >= 0.6 is 0 Å². The van der Waals surface area contributed by atoms with Crippen LogP contribution in [0.15, 0.2) is 18.3 Å². The molecule has 1 heterocycles.